The second kappa shape index (κ2) is 7.49. The number of alkyl halides is 3. The number of hydrogen-bond donors (Lipinski definition) is 2. The first-order chi connectivity index (χ1) is 12.9. The van der Waals surface area contributed by atoms with Crippen LogP contribution in [0.4, 0.5) is 23.7 Å². The smallest absolute Gasteiger partial charge is 0.416 e. The average Bonchev–Trinajstić information content (AvgIpc) is 2.65. The topological polar surface area (TPSA) is 62.2 Å². The third-order valence-corrected chi connectivity index (χ3v) is 4.00. The van der Waals surface area contributed by atoms with Crippen LogP contribution in [0.1, 0.15) is 16.7 Å². The van der Waals surface area contributed by atoms with E-state index in [4.69, 9.17) is 10.1 Å². The summed E-state index contributed by atoms with van der Waals surface area (Å²) in [6.45, 7) is -0.0520. The standard InChI is InChI=1S/C20H15F3N2O2/c21-20(22,23)15-4-3-5-16(10-15)25-19(26)27-12-14-9-8-13(11-24)17-6-1-2-7-18(14)17/h1-11,24H,12H2,(H,25,26). The summed E-state index contributed by atoms with van der Waals surface area (Å²) in [5, 5.41) is 11.4. The summed E-state index contributed by atoms with van der Waals surface area (Å²) in [4.78, 5) is 12.0. The Balaban J connectivity index is 1.72. The van der Waals surface area contributed by atoms with Crippen molar-refractivity contribution in [1.82, 2.24) is 0 Å². The molecule has 0 heterocycles. The monoisotopic (exact) mass is 372 g/mol. The molecule has 0 saturated heterocycles. The van der Waals surface area contributed by atoms with Crippen molar-refractivity contribution in [3.63, 3.8) is 0 Å². The van der Waals surface area contributed by atoms with E-state index >= 15 is 0 Å². The summed E-state index contributed by atoms with van der Waals surface area (Å²) in [7, 11) is 0. The minimum absolute atomic E-state index is 0.00108. The van der Waals surface area contributed by atoms with Gasteiger partial charge in [0, 0.05) is 11.9 Å². The van der Waals surface area contributed by atoms with Crippen LogP contribution in [0.3, 0.4) is 0 Å². The molecule has 0 radical (unpaired) electrons. The van der Waals surface area contributed by atoms with Gasteiger partial charge in [0.1, 0.15) is 6.61 Å². The fraction of sp³-hybridized carbons (Fsp3) is 0.100. The Morgan fingerprint density at radius 2 is 1.78 bits per heavy atom. The van der Waals surface area contributed by atoms with E-state index in [1.165, 1.54) is 18.3 Å². The van der Waals surface area contributed by atoms with Gasteiger partial charge >= 0.3 is 12.3 Å². The number of rotatable bonds is 4. The van der Waals surface area contributed by atoms with Crippen molar-refractivity contribution >= 4 is 28.8 Å². The van der Waals surface area contributed by atoms with Crippen molar-refractivity contribution in [2.75, 3.05) is 5.32 Å². The highest BCUT2D eigenvalue weighted by atomic mass is 19.4. The normalized spacial score (nSPS) is 11.2. The first-order valence-corrected chi connectivity index (χ1v) is 8.00. The molecule has 3 aromatic carbocycles. The molecular formula is C20H15F3N2O2. The quantitative estimate of drug-likeness (QED) is 0.585. The molecule has 1 amide bonds. The molecule has 0 spiro atoms. The van der Waals surface area contributed by atoms with Crippen LogP contribution in [-0.2, 0) is 17.5 Å². The number of carbonyl (C=O) groups is 1. The van der Waals surface area contributed by atoms with E-state index < -0.39 is 17.8 Å². The van der Waals surface area contributed by atoms with E-state index in [0.29, 0.717) is 0 Å². The van der Waals surface area contributed by atoms with E-state index in [-0.39, 0.29) is 12.3 Å². The third kappa shape index (κ3) is 4.25. The highest BCUT2D eigenvalue weighted by Crippen LogP contribution is 2.30. The molecule has 0 saturated carbocycles. The second-order valence-electron chi connectivity index (χ2n) is 5.78. The lowest BCUT2D eigenvalue weighted by Crippen LogP contribution is -2.14. The first-order valence-electron chi connectivity index (χ1n) is 8.00. The largest absolute Gasteiger partial charge is 0.444 e. The average molecular weight is 372 g/mol. The minimum atomic E-state index is -4.49. The zero-order valence-electron chi connectivity index (χ0n) is 14.0. The fourth-order valence-corrected chi connectivity index (χ4v) is 2.71. The lowest BCUT2D eigenvalue weighted by Gasteiger charge is -2.12. The van der Waals surface area contributed by atoms with Crippen molar-refractivity contribution < 1.29 is 22.7 Å². The van der Waals surface area contributed by atoms with Gasteiger partial charge in [-0.3, -0.25) is 5.32 Å². The summed E-state index contributed by atoms with van der Waals surface area (Å²) in [5.74, 6) is 0. The van der Waals surface area contributed by atoms with Gasteiger partial charge in [-0.2, -0.15) is 13.2 Å². The Labute approximate surface area is 153 Å². The second-order valence-corrected chi connectivity index (χ2v) is 5.78. The lowest BCUT2D eigenvalue weighted by atomic mass is 10.0. The lowest BCUT2D eigenvalue weighted by molar-refractivity contribution is -0.137. The number of ether oxygens (including phenoxy) is 1. The molecule has 4 nitrogen and oxygen atoms in total. The van der Waals surface area contributed by atoms with Crippen LogP contribution in [0.15, 0.2) is 60.7 Å². The molecule has 0 aliphatic rings. The maximum atomic E-state index is 12.7. The molecule has 0 atom stereocenters. The summed E-state index contributed by atoms with van der Waals surface area (Å²) in [6.07, 6.45) is -4.10. The highest BCUT2D eigenvalue weighted by molar-refractivity contribution is 6.00. The Morgan fingerprint density at radius 3 is 2.48 bits per heavy atom. The first kappa shape index (κ1) is 18.4. The van der Waals surface area contributed by atoms with Crippen LogP contribution in [0.5, 0.6) is 0 Å². The molecule has 7 heteroatoms. The number of nitrogens with one attached hydrogen (secondary N) is 2. The zero-order chi connectivity index (χ0) is 19.4. The van der Waals surface area contributed by atoms with Gasteiger partial charge in [-0.1, -0.05) is 42.5 Å². The summed E-state index contributed by atoms with van der Waals surface area (Å²) in [5.41, 5.74) is 0.616. The molecule has 0 fully saturated rings. The van der Waals surface area contributed by atoms with E-state index in [1.807, 2.05) is 24.3 Å². The van der Waals surface area contributed by atoms with Gasteiger partial charge in [-0.25, -0.2) is 4.79 Å². The van der Waals surface area contributed by atoms with Crippen molar-refractivity contribution in [1.29, 1.82) is 5.41 Å². The molecular weight excluding hydrogens is 357 g/mol. The van der Waals surface area contributed by atoms with Crippen molar-refractivity contribution in [3.05, 3.63) is 77.4 Å². The predicted octanol–water partition coefficient (Wildman–Crippen LogP) is 5.60. The van der Waals surface area contributed by atoms with E-state index in [1.54, 1.807) is 12.1 Å². The van der Waals surface area contributed by atoms with Gasteiger partial charge in [0.05, 0.1) is 5.56 Å². The summed E-state index contributed by atoms with van der Waals surface area (Å²) < 4.78 is 43.3. The number of hydrogen-bond acceptors (Lipinski definition) is 3. The summed E-state index contributed by atoms with van der Waals surface area (Å²) >= 11 is 0. The molecule has 0 aromatic heterocycles. The van der Waals surface area contributed by atoms with Crippen LogP contribution in [-0.4, -0.2) is 12.3 Å². The molecule has 0 bridgehead atoms. The highest BCUT2D eigenvalue weighted by Gasteiger charge is 2.30. The number of halogens is 3. The number of benzene rings is 3. The van der Waals surface area contributed by atoms with Crippen molar-refractivity contribution in [2.24, 2.45) is 0 Å². The Hall–Kier alpha value is -3.35. The van der Waals surface area contributed by atoms with Gasteiger partial charge in [0.15, 0.2) is 0 Å². The minimum Gasteiger partial charge on any atom is -0.444 e. The Morgan fingerprint density at radius 1 is 1.04 bits per heavy atom. The SMILES string of the molecule is N=Cc1ccc(COC(=O)Nc2cccc(C(F)(F)F)c2)c2ccccc12. The molecule has 27 heavy (non-hydrogen) atoms. The van der Waals surface area contributed by atoms with Crippen LogP contribution < -0.4 is 5.32 Å². The third-order valence-electron chi connectivity index (χ3n) is 4.00. The zero-order valence-corrected chi connectivity index (χ0v) is 14.0. The maximum Gasteiger partial charge on any atom is 0.416 e. The van der Waals surface area contributed by atoms with Crippen LogP contribution in [0.2, 0.25) is 0 Å². The van der Waals surface area contributed by atoms with Crippen LogP contribution >= 0.6 is 0 Å². The van der Waals surface area contributed by atoms with Crippen LogP contribution in [0.25, 0.3) is 10.8 Å². The molecule has 3 aromatic rings. The predicted molar refractivity (Wildman–Crippen MR) is 97.1 cm³/mol. The van der Waals surface area contributed by atoms with Gasteiger partial charge in [0.2, 0.25) is 0 Å². The van der Waals surface area contributed by atoms with Crippen LogP contribution in [0, 0.1) is 5.41 Å². The molecule has 3 rings (SSSR count). The maximum absolute atomic E-state index is 12.7. The number of amides is 1. The number of anilines is 1. The Bertz CT molecular complexity index is 1000. The Kier molecular flexibility index (Phi) is 5.12. The fourth-order valence-electron chi connectivity index (χ4n) is 2.71. The molecule has 138 valence electrons. The van der Waals surface area contributed by atoms with E-state index in [0.717, 1.165) is 34.0 Å². The molecule has 2 N–H and O–H groups in total. The van der Waals surface area contributed by atoms with E-state index in [9.17, 15) is 18.0 Å². The van der Waals surface area contributed by atoms with Crippen molar-refractivity contribution in [3.8, 4) is 0 Å². The van der Waals surface area contributed by atoms with E-state index in [2.05, 4.69) is 5.32 Å². The van der Waals surface area contributed by atoms with Gasteiger partial charge < -0.3 is 10.1 Å². The molecule has 0 aliphatic carbocycles. The van der Waals surface area contributed by atoms with Crippen molar-refractivity contribution in [2.45, 2.75) is 12.8 Å². The van der Waals surface area contributed by atoms with Gasteiger partial charge in [0.25, 0.3) is 0 Å². The van der Waals surface area contributed by atoms with Gasteiger partial charge in [-0.05, 0) is 40.1 Å². The molecule has 0 unspecified atom stereocenters. The number of fused-ring (bicyclic) bond motifs is 1. The van der Waals surface area contributed by atoms with Gasteiger partial charge in [-0.15, -0.1) is 0 Å². The number of carbonyl (C=O) groups excluding carboxylic acids is 1. The molecule has 0 aliphatic heterocycles. The summed E-state index contributed by atoms with van der Waals surface area (Å²) in [6, 6.07) is 15.2.